The highest BCUT2D eigenvalue weighted by atomic mass is 15.6. The molecule has 0 amide bonds. The highest BCUT2D eigenvalue weighted by Crippen LogP contribution is 2.29. The maximum Gasteiger partial charge on any atom is 0.188 e. The summed E-state index contributed by atoms with van der Waals surface area (Å²) in [5.41, 5.74) is 0. The highest BCUT2D eigenvalue weighted by molar-refractivity contribution is 4.92. The third-order valence-electron chi connectivity index (χ3n) is 5.15. The van der Waals surface area contributed by atoms with Gasteiger partial charge in [-0.3, -0.25) is 4.90 Å². The van der Waals surface area contributed by atoms with Crippen LogP contribution in [0.1, 0.15) is 51.3 Å². The smallest absolute Gasteiger partial charge is 0.188 e. The topological polar surface area (TPSA) is 58.9 Å². The van der Waals surface area contributed by atoms with Crippen LogP contribution < -0.4 is 5.32 Å². The monoisotopic (exact) mass is 292 g/mol. The van der Waals surface area contributed by atoms with Crippen molar-refractivity contribution in [1.82, 2.24) is 30.4 Å². The molecule has 1 aromatic heterocycles. The number of aryl methyl sites for hydroxylation is 1. The Hall–Kier alpha value is -1.01. The molecule has 3 rings (SSSR count). The Morgan fingerprint density at radius 1 is 1.24 bits per heavy atom. The Kier molecular flexibility index (Phi) is 4.85. The normalized spacial score (nSPS) is 28.9. The van der Waals surface area contributed by atoms with Gasteiger partial charge in [-0.1, -0.05) is 26.2 Å². The summed E-state index contributed by atoms with van der Waals surface area (Å²) in [6.45, 7) is 5.32. The Morgan fingerprint density at radius 2 is 2.05 bits per heavy atom. The fourth-order valence-corrected chi connectivity index (χ4v) is 3.90. The van der Waals surface area contributed by atoms with Crippen molar-refractivity contribution in [2.45, 2.75) is 64.1 Å². The zero-order chi connectivity index (χ0) is 14.7. The van der Waals surface area contributed by atoms with Crippen LogP contribution in [0.2, 0.25) is 0 Å². The quantitative estimate of drug-likeness (QED) is 0.907. The summed E-state index contributed by atoms with van der Waals surface area (Å²) < 4.78 is 0. The van der Waals surface area contributed by atoms with Gasteiger partial charge in [0.2, 0.25) is 0 Å². The number of tetrazole rings is 1. The zero-order valence-corrected chi connectivity index (χ0v) is 13.3. The van der Waals surface area contributed by atoms with Crippen molar-refractivity contribution >= 4 is 0 Å². The van der Waals surface area contributed by atoms with Gasteiger partial charge in [-0.25, -0.2) is 0 Å². The number of piperazine rings is 1. The molecule has 1 saturated carbocycles. The van der Waals surface area contributed by atoms with Gasteiger partial charge in [0.25, 0.3) is 0 Å². The number of hydrogen-bond acceptors (Lipinski definition) is 5. The van der Waals surface area contributed by atoms with Gasteiger partial charge in [0.1, 0.15) is 0 Å². The van der Waals surface area contributed by atoms with E-state index in [1.165, 1.54) is 38.5 Å². The molecule has 118 valence electrons. The number of nitrogens with zero attached hydrogens (tertiary/aromatic N) is 5. The van der Waals surface area contributed by atoms with Crippen molar-refractivity contribution in [3.8, 4) is 0 Å². The molecule has 2 fully saturated rings. The van der Waals surface area contributed by atoms with Crippen LogP contribution in [0.3, 0.4) is 0 Å². The summed E-state index contributed by atoms with van der Waals surface area (Å²) in [6.07, 6.45) is 8.20. The third-order valence-corrected chi connectivity index (χ3v) is 5.15. The van der Waals surface area contributed by atoms with Gasteiger partial charge >= 0.3 is 0 Å². The number of hydrogen-bond donors (Lipinski definition) is 1. The van der Waals surface area contributed by atoms with E-state index in [0.717, 1.165) is 31.4 Å². The fraction of sp³-hybridized carbons (Fsp3) is 0.933. The highest BCUT2D eigenvalue weighted by Gasteiger charge is 2.32. The van der Waals surface area contributed by atoms with E-state index in [4.69, 9.17) is 0 Å². The van der Waals surface area contributed by atoms with Crippen molar-refractivity contribution < 1.29 is 0 Å². The van der Waals surface area contributed by atoms with Crippen molar-refractivity contribution in [3.05, 3.63) is 5.82 Å². The first-order valence-electron chi connectivity index (χ1n) is 8.46. The van der Waals surface area contributed by atoms with E-state index >= 15 is 0 Å². The average Bonchev–Trinajstić information content (AvgIpc) is 2.93. The van der Waals surface area contributed by atoms with E-state index < -0.39 is 0 Å². The molecular weight excluding hydrogens is 264 g/mol. The summed E-state index contributed by atoms with van der Waals surface area (Å²) in [4.78, 5) is 4.11. The zero-order valence-electron chi connectivity index (χ0n) is 13.3. The van der Waals surface area contributed by atoms with E-state index in [1.807, 2.05) is 7.05 Å². The Labute approximate surface area is 127 Å². The summed E-state index contributed by atoms with van der Waals surface area (Å²) in [5, 5.41) is 16.3. The molecule has 2 aliphatic rings. The minimum absolute atomic E-state index is 0.591. The maximum atomic E-state index is 4.34. The third kappa shape index (κ3) is 3.61. The van der Waals surface area contributed by atoms with Crippen LogP contribution in [-0.4, -0.2) is 50.3 Å². The largest absolute Gasteiger partial charge is 0.311 e. The Bertz CT molecular complexity index is 439. The van der Waals surface area contributed by atoms with Gasteiger partial charge in [0, 0.05) is 25.2 Å². The first kappa shape index (κ1) is 14.9. The average molecular weight is 292 g/mol. The first-order valence-corrected chi connectivity index (χ1v) is 8.46. The van der Waals surface area contributed by atoms with Crippen molar-refractivity contribution in [2.75, 3.05) is 13.1 Å². The maximum absolute atomic E-state index is 4.34. The molecule has 2 unspecified atom stereocenters. The van der Waals surface area contributed by atoms with E-state index in [2.05, 4.69) is 32.6 Å². The van der Waals surface area contributed by atoms with Crippen molar-refractivity contribution in [3.63, 3.8) is 0 Å². The van der Waals surface area contributed by atoms with E-state index in [-0.39, 0.29) is 0 Å². The second kappa shape index (κ2) is 6.83. The van der Waals surface area contributed by atoms with Crippen LogP contribution in [-0.2, 0) is 13.6 Å². The van der Waals surface area contributed by atoms with Gasteiger partial charge < -0.3 is 5.32 Å². The molecule has 6 nitrogen and oxygen atoms in total. The summed E-state index contributed by atoms with van der Waals surface area (Å²) in [6, 6.07) is 1.23. The van der Waals surface area contributed by atoms with Gasteiger partial charge in [-0.05, 0) is 30.4 Å². The van der Waals surface area contributed by atoms with Crippen LogP contribution >= 0.6 is 0 Å². The van der Waals surface area contributed by atoms with Gasteiger partial charge in [-0.2, -0.15) is 4.80 Å². The van der Waals surface area contributed by atoms with Crippen LogP contribution in [0.25, 0.3) is 0 Å². The number of nitrogens with one attached hydrogen (secondary N) is 1. The van der Waals surface area contributed by atoms with E-state index in [1.54, 1.807) is 4.80 Å². The number of aromatic nitrogens is 4. The second-order valence-electron chi connectivity index (χ2n) is 6.60. The SMILES string of the molecule is CCC1CNC(C2CCCCC2)CN1Cc1nnn(C)n1. The fourth-order valence-electron chi connectivity index (χ4n) is 3.90. The van der Waals surface area contributed by atoms with Crippen molar-refractivity contribution in [1.29, 1.82) is 0 Å². The molecule has 2 atom stereocenters. The predicted molar refractivity (Wildman–Crippen MR) is 81.7 cm³/mol. The predicted octanol–water partition coefficient (Wildman–Crippen LogP) is 1.34. The molecule has 0 aromatic carbocycles. The molecule has 0 spiro atoms. The van der Waals surface area contributed by atoms with Crippen LogP contribution in [0.5, 0.6) is 0 Å². The van der Waals surface area contributed by atoms with E-state index in [9.17, 15) is 0 Å². The lowest BCUT2D eigenvalue weighted by Crippen LogP contribution is -2.58. The minimum atomic E-state index is 0.591. The molecule has 1 aliphatic carbocycles. The second-order valence-corrected chi connectivity index (χ2v) is 6.60. The lowest BCUT2D eigenvalue weighted by molar-refractivity contribution is 0.0850. The van der Waals surface area contributed by atoms with Crippen LogP contribution in [0, 0.1) is 5.92 Å². The summed E-state index contributed by atoms with van der Waals surface area (Å²) >= 11 is 0. The van der Waals surface area contributed by atoms with Gasteiger partial charge in [0.15, 0.2) is 5.82 Å². The van der Waals surface area contributed by atoms with Gasteiger partial charge in [-0.15, -0.1) is 10.2 Å². The molecule has 1 aromatic rings. The summed E-state index contributed by atoms with van der Waals surface area (Å²) in [7, 11) is 1.83. The minimum Gasteiger partial charge on any atom is -0.311 e. The standard InChI is InChI=1S/C15H28N6/c1-3-13-9-16-14(12-7-5-4-6-8-12)10-21(13)11-15-17-19-20(2)18-15/h12-14,16H,3-11H2,1-2H3. The molecule has 0 radical (unpaired) electrons. The van der Waals surface area contributed by atoms with Gasteiger partial charge in [0.05, 0.1) is 13.6 Å². The molecule has 2 heterocycles. The molecule has 1 N–H and O–H groups in total. The number of rotatable bonds is 4. The van der Waals surface area contributed by atoms with Crippen LogP contribution in [0.4, 0.5) is 0 Å². The molecule has 0 bridgehead atoms. The molecular formula is C15H28N6. The van der Waals surface area contributed by atoms with E-state index in [0.29, 0.717) is 12.1 Å². The lowest BCUT2D eigenvalue weighted by Gasteiger charge is -2.43. The molecule has 1 aliphatic heterocycles. The Balaban J connectivity index is 1.63. The molecule has 1 saturated heterocycles. The first-order chi connectivity index (χ1) is 10.3. The lowest BCUT2D eigenvalue weighted by atomic mass is 9.82. The summed E-state index contributed by atoms with van der Waals surface area (Å²) in [5.74, 6) is 1.70. The Morgan fingerprint density at radius 3 is 2.71 bits per heavy atom. The molecule has 21 heavy (non-hydrogen) atoms. The van der Waals surface area contributed by atoms with Crippen LogP contribution in [0.15, 0.2) is 0 Å². The molecule has 6 heteroatoms. The van der Waals surface area contributed by atoms with Crippen molar-refractivity contribution in [2.24, 2.45) is 13.0 Å².